The van der Waals surface area contributed by atoms with E-state index < -0.39 is 0 Å². The monoisotopic (exact) mass is 321 g/mol. The Morgan fingerprint density at radius 3 is 2.86 bits per heavy atom. The van der Waals surface area contributed by atoms with E-state index >= 15 is 0 Å². The molecule has 2 heterocycles. The van der Waals surface area contributed by atoms with Gasteiger partial charge < -0.3 is 20.1 Å². The molecule has 0 amide bonds. The number of rotatable bonds is 4. The van der Waals surface area contributed by atoms with Gasteiger partial charge in [0.1, 0.15) is 6.33 Å². The fraction of sp³-hybridized carbons (Fsp3) is 0.357. The summed E-state index contributed by atoms with van der Waals surface area (Å²) >= 11 is 5.73. The maximum atomic E-state index is 9.43. The summed E-state index contributed by atoms with van der Waals surface area (Å²) in [5.74, 6) is 0.396. The first-order valence-electron chi connectivity index (χ1n) is 6.93. The predicted molar refractivity (Wildman–Crippen MR) is 83.6 cm³/mol. The first-order chi connectivity index (χ1) is 10.8. The molecule has 0 radical (unpaired) electrons. The topological polar surface area (TPSA) is 83.4 Å². The van der Waals surface area contributed by atoms with Crippen LogP contribution in [0, 0.1) is 0 Å². The number of hydrogen-bond donors (Lipinski definition) is 2. The van der Waals surface area contributed by atoms with Crippen LogP contribution < -0.4 is 10.2 Å². The Morgan fingerprint density at radius 1 is 1.32 bits per heavy atom. The minimum atomic E-state index is -0.00473. The molecule has 1 aliphatic heterocycles. The molecule has 116 valence electrons. The van der Waals surface area contributed by atoms with Gasteiger partial charge in [-0.3, -0.25) is 0 Å². The van der Waals surface area contributed by atoms with Crippen LogP contribution in [0.5, 0.6) is 0 Å². The smallest absolute Gasteiger partial charge is 0.231 e. The molecule has 0 saturated carbocycles. The standard InChI is InChI=1S/C14H16ClN5O2/c15-13-16-9-17-14(19-13)18-10-1-3-11(4-2-10)20-5-6-22-8-12(20)7-21/h1-4,9,12,21H,5-8H2,(H,16,17,18,19). The van der Waals surface area contributed by atoms with Crippen LogP contribution in [0.1, 0.15) is 0 Å². The van der Waals surface area contributed by atoms with Gasteiger partial charge >= 0.3 is 0 Å². The number of aliphatic hydroxyl groups excluding tert-OH is 1. The summed E-state index contributed by atoms with van der Waals surface area (Å²) in [5.41, 5.74) is 1.89. The highest BCUT2D eigenvalue weighted by molar-refractivity contribution is 6.28. The highest BCUT2D eigenvalue weighted by atomic mass is 35.5. The van der Waals surface area contributed by atoms with Crippen molar-refractivity contribution in [3.05, 3.63) is 35.9 Å². The van der Waals surface area contributed by atoms with Crippen LogP contribution in [0.25, 0.3) is 0 Å². The number of anilines is 3. The summed E-state index contributed by atoms with van der Waals surface area (Å²) < 4.78 is 5.39. The van der Waals surface area contributed by atoms with E-state index in [1.165, 1.54) is 6.33 Å². The van der Waals surface area contributed by atoms with Crippen LogP contribution in [-0.2, 0) is 4.74 Å². The van der Waals surface area contributed by atoms with Crippen molar-refractivity contribution in [2.45, 2.75) is 6.04 Å². The molecular weight excluding hydrogens is 306 g/mol. The van der Waals surface area contributed by atoms with Gasteiger partial charge in [0.15, 0.2) is 0 Å². The van der Waals surface area contributed by atoms with Crippen molar-refractivity contribution >= 4 is 28.9 Å². The number of hydrogen-bond acceptors (Lipinski definition) is 7. The van der Waals surface area contributed by atoms with Crippen LogP contribution in [0.4, 0.5) is 17.3 Å². The van der Waals surface area contributed by atoms with Crippen molar-refractivity contribution < 1.29 is 9.84 Å². The molecule has 1 aliphatic rings. The minimum absolute atomic E-state index is 0.00473. The molecule has 1 atom stereocenters. The Kier molecular flexibility index (Phi) is 4.67. The van der Waals surface area contributed by atoms with E-state index in [9.17, 15) is 5.11 Å². The molecule has 0 spiro atoms. The third-order valence-corrected chi connectivity index (χ3v) is 3.62. The van der Waals surface area contributed by atoms with E-state index in [1.54, 1.807) is 0 Å². The van der Waals surface area contributed by atoms with Gasteiger partial charge in [0.2, 0.25) is 11.2 Å². The quantitative estimate of drug-likeness (QED) is 0.882. The van der Waals surface area contributed by atoms with Crippen LogP contribution in [-0.4, -0.2) is 52.5 Å². The zero-order valence-corrected chi connectivity index (χ0v) is 12.6. The van der Waals surface area contributed by atoms with Gasteiger partial charge in [-0.25, -0.2) is 9.97 Å². The molecule has 1 unspecified atom stereocenters. The summed E-state index contributed by atoms with van der Waals surface area (Å²) in [6.07, 6.45) is 1.35. The Hall–Kier alpha value is -1.96. The Labute approximate surface area is 132 Å². The van der Waals surface area contributed by atoms with Gasteiger partial charge in [0, 0.05) is 17.9 Å². The van der Waals surface area contributed by atoms with Gasteiger partial charge in [-0.1, -0.05) is 0 Å². The van der Waals surface area contributed by atoms with Gasteiger partial charge in [0.05, 0.1) is 25.9 Å². The maximum absolute atomic E-state index is 9.43. The molecule has 8 heteroatoms. The molecule has 3 rings (SSSR count). The predicted octanol–water partition coefficient (Wildman–Crippen LogP) is 1.47. The zero-order chi connectivity index (χ0) is 15.4. The van der Waals surface area contributed by atoms with E-state index in [1.807, 2.05) is 24.3 Å². The van der Waals surface area contributed by atoms with Crippen molar-refractivity contribution in [3.63, 3.8) is 0 Å². The van der Waals surface area contributed by atoms with Gasteiger partial charge in [0.25, 0.3) is 0 Å². The second-order valence-corrected chi connectivity index (χ2v) is 5.19. The molecule has 1 aromatic carbocycles. The average molecular weight is 322 g/mol. The number of nitrogens with one attached hydrogen (secondary N) is 1. The number of halogens is 1. The van der Waals surface area contributed by atoms with Crippen molar-refractivity contribution in [2.75, 3.05) is 36.6 Å². The summed E-state index contributed by atoms with van der Waals surface area (Å²) in [5, 5.41) is 12.6. The highest BCUT2D eigenvalue weighted by Crippen LogP contribution is 2.23. The lowest BCUT2D eigenvalue weighted by Gasteiger charge is -2.36. The number of benzene rings is 1. The van der Waals surface area contributed by atoms with E-state index in [4.69, 9.17) is 16.3 Å². The van der Waals surface area contributed by atoms with Crippen molar-refractivity contribution in [2.24, 2.45) is 0 Å². The van der Waals surface area contributed by atoms with Crippen molar-refractivity contribution in [1.82, 2.24) is 15.0 Å². The van der Waals surface area contributed by atoms with Crippen molar-refractivity contribution in [3.8, 4) is 0 Å². The number of morpholine rings is 1. The fourth-order valence-electron chi connectivity index (χ4n) is 2.35. The maximum Gasteiger partial charge on any atom is 0.231 e. The third-order valence-electron chi connectivity index (χ3n) is 3.44. The van der Waals surface area contributed by atoms with Crippen molar-refractivity contribution in [1.29, 1.82) is 0 Å². The Morgan fingerprint density at radius 2 is 2.14 bits per heavy atom. The SMILES string of the molecule is OCC1COCCN1c1ccc(Nc2ncnc(Cl)n2)cc1. The molecule has 7 nitrogen and oxygen atoms in total. The molecule has 2 aromatic rings. The van der Waals surface area contributed by atoms with E-state index in [2.05, 4.69) is 25.2 Å². The van der Waals surface area contributed by atoms with Crippen LogP contribution in [0.15, 0.2) is 30.6 Å². The average Bonchev–Trinajstić information content (AvgIpc) is 2.56. The summed E-state index contributed by atoms with van der Waals surface area (Å²) in [7, 11) is 0. The number of ether oxygens (including phenoxy) is 1. The third kappa shape index (κ3) is 3.44. The summed E-state index contributed by atoms with van der Waals surface area (Å²) in [6.45, 7) is 2.05. The van der Waals surface area contributed by atoms with Crippen LogP contribution in [0.3, 0.4) is 0 Å². The zero-order valence-electron chi connectivity index (χ0n) is 11.8. The molecule has 0 aliphatic carbocycles. The Bertz CT molecular complexity index is 625. The van der Waals surface area contributed by atoms with Gasteiger partial charge in [-0.2, -0.15) is 4.98 Å². The first kappa shape index (κ1) is 15.0. The minimum Gasteiger partial charge on any atom is -0.394 e. The van der Waals surface area contributed by atoms with Gasteiger partial charge in [-0.05, 0) is 35.9 Å². The normalized spacial score (nSPS) is 18.3. The van der Waals surface area contributed by atoms with E-state index in [0.717, 1.165) is 17.9 Å². The highest BCUT2D eigenvalue weighted by Gasteiger charge is 2.22. The fourth-order valence-corrected chi connectivity index (χ4v) is 2.47. The molecular formula is C14H16ClN5O2. The first-order valence-corrected chi connectivity index (χ1v) is 7.31. The van der Waals surface area contributed by atoms with E-state index in [-0.39, 0.29) is 17.9 Å². The van der Waals surface area contributed by atoms with Gasteiger partial charge in [-0.15, -0.1) is 0 Å². The second-order valence-electron chi connectivity index (χ2n) is 4.85. The van der Waals surface area contributed by atoms with Crippen LogP contribution >= 0.6 is 11.6 Å². The molecule has 22 heavy (non-hydrogen) atoms. The lowest BCUT2D eigenvalue weighted by atomic mass is 10.2. The molecule has 2 N–H and O–H groups in total. The second kappa shape index (κ2) is 6.87. The number of aliphatic hydroxyl groups is 1. The van der Waals surface area contributed by atoms with Crippen LogP contribution in [0.2, 0.25) is 5.28 Å². The summed E-state index contributed by atoms with van der Waals surface area (Å²) in [6, 6.07) is 7.82. The molecule has 0 bridgehead atoms. The molecule has 1 aromatic heterocycles. The summed E-state index contributed by atoms with van der Waals surface area (Å²) in [4.78, 5) is 13.9. The largest absolute Gasteiger partial charge is 0.394 e. The molecule has 1 saturated heterocycles. The lowest BCUT2D eigenvalue weighted by Crippen LogP contribution is -2.47. The number of nitrogens with zero attached hydrogens (tertiary/aromatic N) is 4. The molecule has 1 fully saturated rings. The number of aromatic nitrogens is 3. The Balaban J connectivity index is 1.72. The van der Waals surface area contributed by atoms with E-state index in [0.29, 0.717) is 19.2 Å². The lowest BCUT2D eigenvalue weighted by molar-refractivity contribution is 0.0727.